The van der Waals surface area contributed by atoms with Crippen LogP contribution in [0.25, 0.3) is 0 Å². The minimum absolute atomic E-state index is 0.158. The molecule has 1 N–H and O–H groups in total. The van der Waals surface area contributed by atoms with Crippen LogP contribution >= 0.6 is 11.8 Å². The molecule has 2 atom stereocenters. The Morgan fingerprint density at radius 3 is 2.50 bits per heavy atom. The highest BCUT2D eigenvalue weighted by Gasteiger charge is 2.10. The van der Waals surface area contributed by atoms with Crippen molar-refractivity contribution in [2.45, 2.75) is 45.0 Å². The van der Waals surface area contributed by atoms with Crippen LogP contribution in [0.15, 0.2) is 0 Å². The third-order valence-corrected chi connectivity index (χ3v) is 3.12. The number of aliphatic hydroxyl groups is 1. The number of aliphatic hydroxyl groups excluding tert-OH is 1. The maximum Gasteiger partial charge on any atom is 0.142 e. The van der Waals surface area contributed by atoms with E-state index in [9.17, 15) is 4.79 Å². The minimum atomic E-state index is -0.329. The maximum atomic E-state index is 11.1. The molecule has 0 bridgehead atoms. The lowest BCUT2D eigenvalue weighted by atomic mass is 10.3. The number of hydrogen-bond donors (Lipinski definition) is 1. The molecule has 3 heteroatoms. The smallest absolute Gasteiger partial charge is 0.142 e. The van der Waals surface area contributed by atoms with Gasteiger partial charge in [0.1, 0.15) is 5.78 Å². The van der Waals surface area contributed by atoms with Crippen LogP contribution in [0.1, 0.15) is 33.6 Å². The predicted molar refractivity (Wildman–Crippen MR) is 53.5 cm³/mol. The van der Waals surface area contributed by atoms with Gasteiger partial charge in [-0.3, -0.25) is 4.79 Å². The van der Waals surface area contributed by atoms with Gasteiger partial charge in [0.2, 0.25) is 0 Å². The van der Waals surface area contributed by atoms with Gasteiger partial charge in [-0.25, -0.2) is 0 Å². The zero-order valence-corrected chi connectivity index (χ0v) is 8.86. The third-order valence-electron chi connectivity index (χ3n) is 1.72. The molecular formula is C9H18O2S. The Balaban J connectivity index is 3.47. The van der Waals surface area contributed by atoms with Crippen LogP contribution in [0.2, 0.25) is 0 Å². The summed E-state index contributed by atoms with van der Waals surface area (Å²) in [6.07, 6.45) is 1.26. The van der Waals surface area contributed by atoms with Gasteiger partial charge in [0.15, 0.2) is 0 Å². The summed E-state index contributed by atoms with van der Waals surface area (Å²) in [7, 11) is 0. The fraction of sp³-hybridized carbons (Fsp3) is 0.889. The number of carbonyl (C=O) groups excluding carboxylic acids is 1. The fourth-order valence-corrected chi connectivity index (χ4v) is 1.59. The van der Waals surface area contributed by atoms with Crippen LogP contribution < -0.4 is 0 Å². The normalized spacial score (nSPS) is 15.7. The van der Waals surface area contributed by atoms with Gasteiger partial charge < -0.3 is 5.11 Å². The first-order valence-electron chi connectivity index (χ1n) is 4.39. The van der Waals surface area contributed by atoms with E-state index < -0.39 is 0 Å². The van der Waals surface area contributed by atoms with E-state index >= 15 is 0 Å². The first-order valence-corrected chi connectivity index (χ1v) is 5.44. The van der Waals surface area contributed by atoms with E-state index in [1.54, 1.807) is 6.92 Å². The van der Waals surface area contributed by atoms with E-state index in [4.69, 9.17) is 5.11 Å². The van der Waals surface area contributed by atoms with Crippen molar-refractivity contribution < 1.29 is 9.90 Å². The van der Waals surface area contributed by atoms with Crippen molar-refractivity contribution in [1.29, 1.82) is 0 Å². The van der Waals surface area contributed by atoms with Crippen molar-refractivity contribution in [1.82, 2.24) is 0 Å². The van der Waals surface area contributed by atoms with Crippen LogP contribution in [0.4, 0.5) is 0 Å². The molecule has 12 heavy (non-hydrogen) atoms. The molecule has 0 saturated heterocycles. The maximum absolute atomic E-state index is 11.1. The van der Waals surface area contributed by atoms with Gasteiger partial charge in [-0.2, -0.15) is 0 Å². The number of carbonyl (C=O) groups is 1. The lowest BCUT2D eigenvalue weighted by Gasteiger charge is -2.12. The topological polar surface area (TPSA) is 37.3 Å². The summed E-state index contributed by atoms with van der Waals surface area (Å²) < 4.78 is 0. The van der Waals surface area contributed by atoms with Crippen LogP contribution in [0.3, 0.4) is 0 Å². The van der Waals surface area contributed by atoms with Gasteiger partial charge in [0.25, 0.3) is 0 Å². The number of Topliss-reactive ketones (excluding diaryl/α,β-unsaturated/α-hetero) is 1. The largest absolute Gasteiger partial charge is 0.392 e. The van der Waals surface area contributed by atoms with Gasteiger partial charge in [0.05, 0.1) is 11.9 Å². The highest BCUT2D eigenvalue weighted by molar-refractivity contribution is 8.00. The number of rotatable bonds is 6. The first-order chi connectivity index (χ1) is 5.57. The Morgan fingerprint density at radius 2 is 2.08 bits per heavy atom. The Hall–Kier alpha value is -0.0200. The first kappa shape index (κ1) is 12.0. The molecule has 72 valence electrons. The highest BCUT2D eigenvalue weighted by Crippen LogP contribution is 2.14. The van der Waals surface area contributed by atoms with Crippen LogP contribution in [0, 0.1) is 0 Å². The number of hydrogen-bond acceptors (Lipinski definition) is 3. The second-order valence-electron chi connectivity index (χ2n) is 3.05. The molecular weight excluding hydrogens is 172 g/mol. The number of ketones is 1. The average molecular weight is 190 g/mol. The summed E-state index contributed by atoms with van der Waals surface area (Å²) in [4.78, 5) is 11.1. The van der Waals surface area contributed by atoms with Gasteiger partial charge in [-0.1, -0.05) is 13.8 Å². The van der Waals surface area contributed by atoms with Crippen LogP contribution in [0.5, 0.6) is 0 Å². The van der Waals surface area contributed by atoms with Crippen molar-refractivity contribution in [2.24, 2.45) is 0 Å². The SMILES string of the molecule is CCCC(=O)CSC(C)C(C)O. The van der Waals surface area contributed by atoms with Crippen LogP contribution in [-0.2, 0) is 4.79 Å². The summed E-state index contributed by atoms with van der Waals surface area (Å²) >= 11 is 1.53. The molecule has 2 nitrogen and oxygen atoms in total. The average Bonchev–Trinajstić information content (AvgIpc) is 2.00. The quantitative estimate of drug-likeness (QED) is 0.694. The molecule has 0 fully saturated rings. The molecule has 0 aromatic rings. The molecule has 0 aliphatic rings. The number of thioether (sulfide) groups is 1. The predicted octanol–water partition coefficient (Wildman–Crippen LogP) is 1.86. The van der Waals surface area contributed by atoms with Crippen molar-refractivity contribution in [3.63, 3.8) is 0 Å². The zero-order valence-electron chi connectivity index (χ0n) is 8.04. The standard InChI is InChI=1S/C9H18O2S/c1-4-5-9(11)6-12-8(3)7(2)10/h7-8,10H,4-6H2,1-3H3. The van der Waals surface area contributed by atoms with Crippen molar-refractivity contribution >= 4 is 17.5 Å². The molecule has 0 radical (unpaired) electrons. The Bertz CT molecular complexity index is 134. The van der Waals surface area contributed by atoms with Crippen molar-refractivity contribution in [2.75, 3.05) is 5.75 Å². The van der Waals surface area contributed by atoms with Gasteiger partial charge >= 0.3 is 0 Å². The van der Waals surface area contributed by atoms with E-state index in [1.165, 1.54) is 11.8 Å². The lowest BCUT2D eigenvalue weighted by Crippen LogP contribution is -2.17. The third kappa shape index (κ3) is 5.61. The van der Waals surface area contributed by atoms with E-state index in [2.05, 4.69) is 0 Å². The molecule has 0 aliphatic carbocycles. The molecule has 0 heterocycles. The van der Waals surface area contributed by atoms with E-state index in [-0.39, 0.29) is 17.1 Å². The molecule has 0 amide bonds. The van der Waals surface area contributed by atoms with Crippen molar-refractivity contribution in [3.8, 4) is 0 Å². The van der Waals surface area contributed by atoms with E-state index in [1.807, 2.05) is 13.8 Å². The Morgan fingerprint density at radius 1 is 1.50 bits per heavy atom. The summed E-state index contributed by atoms with van der Waals surface area (Å²) in [5, 5.41) is 9.29. The monoisotopic (exact) mass is 190 g/mol. The second kappa shape index (κ2) is 6.49. The zero-order chi connectivity index (χ0) is 9.56. The van der Waals surface area contributed by atoms with Gasteiger partial charge in [-0.15, -0.1) is 11.8 Å². The summed E-state index contributed by atoms with van der Waals surface area (Å²) in [6.45, 7) is 5.69. The molecule has 0 aliphatic heterocycles. The van der Waals surface area contributed by atoms with E-state index in [0.29, 0.717) is 12.2 Å². The summed E-state index contributed by atoms with van der Waals surface area (Å²) in [5.41, 5.74) is 0. The van der Waals surface area contributed by atoms with Crippen LogP contribution in [-0.4, -0.2) is 28.0 Å². The molecule has 0 spiro atoms. The van der Waals surface area contributed by atoms with E-state index in [0.717, 1.165) is 6.42 Å². The Kier molecular flexibility index (Phi) is 6.48. The molecule has 0 aromatic heterocycles. The Labute approximate surface area is 78.7 Å². The molecule has 2 unspecified atom stereocenters. The second-order valence-corrected chi connectivity index (χ2v) is 4.41. The molecule has 0 aromatic carbocycles. The molecule has 0 saturated carbocycles. The highest BCUT2D eigenvalue weighted by atomic mass is 32.2. The fourth-order valence-electron chi connectivity index (χ4n) is 0.715. The summed E-state index contributed by atoms with van der Waals surface area (Å²) in [6, 6.07) is 0. The minimum Gasteiger partial charge on any atom is -0.392 e. The van der Waals surface area contributed by atoms with Crippen molar-refractivity contribution in [3.05, 3.63) is 0 Å². The van der Waals surface area contributed by atoms with Gasteiger partial charge in [-0.05, 0) is 13.3 Å². The summed E-state index contributed by atoms with van der Waals surface area (Å²) in [5.74, 6) is 0.829. The lowest BCUT2D eigenvalue weighted by molar-refractivity contribution is -0.116. The van der Waals surface area contributed by atoms with Gasteiger partial charge in [0, 0.05) is 11.7 Å². The molecule has 0 rings (SSSR count).